The lowest BCUT2D eigenvalue weighted by Crippen LogP contribution is -2.27. The molecular weight excluding hydrogens is 396 g/mol. The van der Waals surface area contributed by atoms with Crippen LogP contribution in [0.25, 0.3) is 0 Å². The molecule has 1 N–H and O–H groups in total. The van der Waals surface area contributed by atoms with E-state index in [0.29, 0.717) is 16.9 Å². The first-order valence-corrected chi connectivity index (χ1v) is 9.54. The highest BCUT2D eigenvalue weighted by Crippen LogP contribution is 2.26. The van der Waals surface area contributed by atoms with E-state index in [0.717, 1.165) is 0 Å². The van der Waals surface area contributed by atoms with Crippen LogP contribution in [-0.2, 0) is 9.59 Å². The number of benzene rings is 3. The molecule has 3 rings (SSSR count). The fourth-order valence-corrected chi connectivity index (χ4v) is 2.88. The Bertz CT molecular complexity index is 1050. The summed E-state index contributed by atoms with van der Waals surface area (Å²) in [7, 11) is 0. The van der Waals surface area contributed by atoms with Crippen molar-refractivity contribution in [1.29, 1.82) is 0 Å². The highest BCUT2D eigenvalue weighted by atomic mass is 16.6. The van der Waals surface area contributed by atoms with Crippen molar-refractivity contribution in [2.75, 3.05) is 4.90 Å². The maximum atomic E-state index is 12.9. The summed E-state index contributed by atoms with van der Waals surface area (Å²) in [5.41, 5.74) is 4.18. The first-order valence-electron chi connectivity index (χ1n) is 9.54. The average molecular weight is 416 g/mol. The Hall–Kier alpha value is -4.33. The number of amides is 2. The Kier molecular flexibility index (Phi) is 7.21. The Morgan fingerprint density at radius 3 is 2.10 bits per heavy atom. The van der Waals surface area contributed by atoms with Gasteiger partial charge in [0.15, 0.2) is 0 Å². The van der Waals surface area contributed by atoms with Crippen LogP contribution in [0.1, 0.15) is 18.4 Å². The SMILES string of the molecule is O=C(CCC(=O)N(c1ccccc1)c1ccccc1)N/N=C\c1cccc([N+](=O)[O-])c1. The summed E-state index contributed by atoms with van der Waals surface area (Å²) in [5, 5.41) is 14.6. The number of para-hydroxylation sites is 2. The second-order valence-corrected chi connectivity index (χ2v) is 6.55. The Labute approximate surface area is 179 Å². The number of hydrogen-bond donors (Lipinski definition) is 1. The topological polar surface area (TPSA) is 105 Å². The lowest BCUT2D eigenvalue weighted by atomic mass is 10.2. The zero-order valence-corrected chi connectivity index (χ0v) is 16.5. The molecule has 0 aromatic heterocycles. The summed E-state index contributed by atoms with van der Waals surface area (Å²) >= 11 is 0. The van der Waals surface area contributed by atoms with Gasteiger partial charge in [0.2, 0.25) is 11.8 Å². The van der Waals surface area contributed by atoms with Crippen LogP contribution in [0.2, 0.25) is 0 Å². The van der Waals surface area contributed by atoms with Crippen molar-refractivity contribution >= 4 is 35.1 Å². The van der Waals surface area contributed by atoms with Crippen LogP contribution in [0.4, 0.5) is 17.1 Å². The molecule has 0 heterocycles. The van der Waals surface area contributed by atoms with E-state index in [9.17, 15) is 19.7 Å². The van der Waals surface area contributed by atoms with Gasteiger partial charge < -0.3 is 0 Å². The fourth-order valence-electron chi connectivity index (χ4n) is 2.88. The van der Waals surface area contributed by atoms with Gasteiger partial charge >= 0.3 is 0 Å². The lowest BCUT2D eigenvalue weighted by molar-refractivity contribution is -0.384. The molecule has 0 spiro atoms. The zero-order chi connectivity index (χ0) is 22.1. The van der Waals surface area contributed by atoms with E-state index >= 15 is 0 Å². The molecule has 31 heavy (non-hydrogen) atoms. The number of nitrogens with one attached hydrogen (secondary N) is 1. The predicted octanol–water partition coefficient (Wildman–Crippen LogP) is 4.19. The standard InChI is InChI=1S/C23H20N4O4/c28-22(25-24-17-18-8-7-13-21(16-18)27(30)31)14-15-23(29)26(19-9-3-1-4-10-19)20-11-5-2-6-12-20/h1-13,16-17H,14-15H2,(H,25,28)/b24-17-. The quantitative estimate of drug-likeness (QED) is 0.338. The van der Waals surface area contributed by atoms with Crippen LogP contribution in [0.15, 0.2) is 90.0 Å². The van der Waals surface area contributed by atoms with Gasteiger partial charge in [-0.1, -0.05) is 48.5 Å². The Morgan fingerprint density at radius 2 is 1.52 bits per heavy atom. The Balaban J connectivity index is 1.60. The second-order valence-electron chi connectivity index (χ2n) is 6.55. The minimum absolute atomic E-state index is 0.0120. The van der Waals surface area contributed by atoms with Crippen LogP contribution in [0, 0.1) is 10.1 Å². The summed E-state index contributed by atoms with van der Waals surface area (Å²) in [4.78, 5) is 36.9. The normalized spacial score (nSPS) is 10.6. The molecule has 0 bridgehead atoms. The van der Waals surface area contributed by atoms with Crippen LogP contribution >= 0.6 is 0 Å². The number of carbonyl (C=O) groups is 2. The van der Waals surface area contributed by atoms with Crippen molar-refractivity contribution in [1.82, 2.24) is 5.43 Å². The smallest absolute Gasteiger partial charge is 0.270 e. The van der Waals surface area contributed by atoms with Crippen LogP contribution in [-0.4, -0.2) is 23.0 Å². The van der Waals surface area contributed by atoms with Gasteiger partial charge in [-0.15, -0.1) is 0 Å². The highest BCUT2D eigenvalue weighted by molar-refractivity contribution is 6.01. The maximum Gasteiger partial charge on any atom is 0.270 e. The monoisotopic (exact) mass is 416 g/mol. The van der Waals surface area contributed by atoms with Gasteiger partial charge in [0.25, 0.3) is 5.69 Å². The van der Waals surface area contributed by atoms with Gasteiger partial charge in [0.1, 0.15) is 0 Å². The molecule has 0 atom stereocenters. The van der Waals surface area contributed by atoms with Gasteiger partial charge in [0.05, 0.1) is 11.1 Å². The third-order valence-electron chi connectivity index (χ3n) is 4.33. The molecule has 0 aliphatic heterocycles. The molecule has 2 amide bonds. The van der Waals surface area contributed by atoms with E-state index in [1.54, 1.807) is 11.0 Å². The van der Waals surface area contributed by atoms with E-state index in [1.807, 2.05) is 60.7 Å². The van der Waals surface area contributed by atoms with Crippen LogP contribution in [0.3, 0.4) is 0 Å². The van der Waals surface area contributed by atoms with E-state index < -0.39 is 10.8 Å². The zero-order valence-electron chi connectivity index (χ0n) is 16.5. The first-order chi connectivity index (χ1) is 15.0. The number of hydrazone groups is 1. The van der Waals surface area contributed by atoms with E-state index in [4.69, 9.17) is 0 Å². The number of nitrogens with zero attached hydrogens (tertiary/aromatic N) is 3. The van der Waals surface area contributed by atoms with E-state index in [-0.39, 0.29) is 24.4 Å². The molecule has 0 saturated carbocycles. The van der Waals surface area contributed by atoms with Crippen molar-refractivity contribution < 1.29 is 14.5 Å². The minimum Gasteiger partial charge on any atom is -0.281 e. The number of anilines is 2. The van der Waals surface area contributed by atoms with Crippen LogP contribution in [0.5, 0.6) is 0 Å². The molecule has 0 fully saturated rings. The van der Waals surface area contributed by atoms with Gasteiger partial charge in [-0.3, -0.25) is 24.6 Å². The first kappa shape index (κ1) is 21.4. The predicted molar refractivity (Wildman–Crippen MR) is 118 cm³/mol. The molecule has 3 aromatic carbocycles. The molecule has 0 saturated heterocycles. The van der Waals surface area contributed by atoms with Crippen molar-refractivity contribution in [3.05, 3.63) is 101 Å². The number of nitro groups is 1. The number of carbonyl (C=O) groups excluding carboxylic acids is 2. The second kappa shape index (κ2) is 10.4. The molecule has 0 aliphatic rings. The molecule has 0 unspecified atom stereocenters. The molecule has 0 radical (unpaired) electrons. The van der Waals surface area contributed by atoms with Crippen molar-refractivity contribution in [3.63, 3.8) is 0 Å². The molecule has 8 heteroatoms. The third kappa shape index (κ3) is 6.07. The summed E-state index contributed by atoms with van der Waals surface area (Å²) in [5.74, 6) is -0.661. The van der Waals surface area contributed by atoms with Gasteiger partial charge in [-0.05, 0) is 24.3 Å². The average Bonchev–Trinajstić information content (AvgIpc) is 2.79. The highest BCUT2D eigenvalue weighted by Gasteiger charge is 2.18. The van der Waals surface area contributed by atoms with E-state index in [1.165, 1.54) is 24.4 Å². The Morgan fingerprint density at radius 1 is 0.903 bits per heavy atom. The van der Waals surface area contributed by atoms with Crippen LogP contribution < -0.4 is 10.3 Å². The minimum atomic E-state index is -0.507. The summed E-state index contributed by atoms with van der Waals surface area (Å²) in [6.45, 7) is 0. The molecule has 3 aromatic rings. The maximum absolute atomic E-state index is 12.9. The molecule has 0 aliphatic carbocycles. The number of nitro benzene ring substituents is 1. The lowest BCUT2D eigenvalue weighted by Gasteiger charge is -2.23. The van der Waals surface area contributed by atoms with Crippen molar-refractivity contribution in [3.8, 4) is 0 Å². The van der Waals surface area contributed by atoms with Gasteiger partial charge in [-0.2, -0.15) is 5.10 Å². The summed E-state index contributed by atoms with van der Waals surface area (Å²) < 4.78 is 0. The third-order valence-corrected chi connectivity index (χ3v) is 4.33. The molecular formula is C23H20N4O4. The van der Waals surface area contributed by atoms with Gasteiger partial charge in [0, 0.05) is 41.9 Å². The van der Waals surface area contributed by atoms with Crippen molar-refractivity contribution in [2.45, 2.75) is 12.8 Å². The number of hydrogen-bond acceptors (Lipinski definition) is 5. The number of rotatable bonds is 8. The largest absolute Gasteiger partial charge is 0.281 e. The van der Waals surface area contributed by atoms with Gasteiger partial charge in [-0.25, -0.2) is 5.43 Å². The van der Waals surface area contributed by atoms with E-state index in [2.05, 4.69) is 10.5 Å². The summed E-state index contributed by atoms with van der Waals surface area (Å²) in [6, 6.07) is 24.3. The molecule has 156 valence electrons. The number of non-ortho nitro benzene ring substituents is 1. The summed E-state index contributed by atoms with van der Waals surface area (Å²) in [6.07, 6.45) is 1.25. The molecule has 8 nitrogen and oxygen atoms in total. The van der Waals surface area contributed by atoms with Crippen molar-refractivity contribution in [2.24, 2.45) is 5.10 Å². The fraction of sp³-hybridized carbons (Fsp3) is 0.0870.